The van der Waals surface area contributed by atoms with Crippen molar-refractivity contribution in [2.24, 2.45) is 0 Å². The third-order valence-corrected chi connectivity index (χ3v) is 3.14. The second kappa shape index (κ2) is 9.62. The van der Waals surface area contributed by atoms with Gasteiger partial charge in [0.05, 0.1) is 5.75 Å². The molecule has 0 saturated heterocycles. The van der Waals surface area contributed by atoms with Gasteiger partial charge in [-0.1, -0.05) is 13.3 Å². The van der Waals surface area contributed by atoms with E-state index in [0.717, 1.165) is 18.6 Å². The minimum Gasteiger partial charge on any atom is -0.352 e. The van der Waals surface area contributed by atoms with Crippen molar-refractivity contribution in [1.29, 1.82) is 0 Å². The van der Waals surface area contributed by atoms with Gasteiger partial charge in [0.2, 0.25) is 0 Å². The molecule has 4 heteroatoms. The SMILES string of the molecule is CCCCS(=O)CC(OCC)OCC. The fourth-order valence-electron chi connectivity index (χ4n) is 1.06. The summed E-state index contributed by atoms with van der Waals surface area (Å²) in [6.07, 6.45) is 1.81. The quantitative estimate of drug-likeness (QED) is 0.559. The van der Waals surface area contributed by atoms with Gasteiger partial charge in [-0.25, -0.2) is 0 Å². The molecule has 0 fully saturated rings. The van der Waals surface area contributed by atoms with Gasteiger partial charge in [0.1, 0.15) is 0 Å². The Morgan fingerprint density at radius 3 is 2.14 bits per heavy atom. The van der Waals surface area contributed by atoms with Crippen LogP contribution in [-0.4, -0.2) is 35.2 Å². The summed E-state index contributed by atoms with van der Waals surface area (Å²) in [6.45, 7) is 7.15. The Hall–Kier alpha value is 0.0700. The molecule has 0 aliphatic heterocycles. The second-order valence-electron chi connectivity index (χ2n) is 3.00. The average Bonchev–Trinajstić information content (AvgIpc) is 2.15. The van der Waals surface area contributed by atoms with Crippen molar-refractivity contribution in [3.05, 3.63) is 0 Å². The largest absolute Gasteiger partial charge is 0.352 e. The van der Waals surface area contributed by atoms with Crippen LogP contribution in [0.4, 0.5) is 0 Å². The Morgan fingerprint density at radius 2 is 1.71 bits per heavy atom. The van der Waals surface area contributed by atoms with Gasteiger partial charge in [-0.15, -0.1) is 0 Å². The first-order valence-electron chi connectivity index (χ1n) is 5.32. The molecule has 0 spiro atoms. The molecule has 1 atom stereocenters. The summed E-state index contributed by atoms with van der Waals surface area (Å²) in [5.41, 5.74) is 0. The van der Waals surface area contributed by atoms with E-state index in [0.29, 0.717) is 19.0 Å². The van der Waals surface area contributed by atoms with Crippen molar-refractivity contribution >= 4 is 10.8 Å². The topological polar surface area (TPSA) is 35.5 Å². The van der Waals surface area contributed by atoms with Gasteiger partial charge in [0.15, 0.2) is 6.29 Å². The third-order valence-electron chi connectivity index (χ3n) is 1.75. The fraction of sp³-hybridized carbons (Fsp3) is 1.00. The highest BCUT2D eigenvalue weighted by Gasteiger charge is 2.11. The van der Waals surface area contributed by atoms with Crippen molar-refractivity contribution in [2.45, 2.75) is 39.9 Å². The Morgan fingerprint density at radius 1 is 1.14 bits per heavy atom. The molecule has 0 N–H and O–H groups in total. The Labute approximate surface area is 89.6 Å². The molecule has 14 heavy (non-hydrogen) atoms. The standard InChI is InChI=1S/C10H22O3S/c1-4-7-8-14(11)9-10(12-5-2)13-6-3/h10H,4-9H2,1-3H3. The molecular formula is C10H22O3S. The van der Waals surface area contributed by atoms with Crippen LogP contribution >= 0.6 is 0 Å². The summed E-state index contributed by atoms with van der Waals surface area (Å²) < 4.78 is 22.1. The lowest BCUT2D eigenvalue weighted by molar-refractivity contribution is -0.120. The summed E-state index contributed by atoms with van der Waals surface area (Å²) in [5, 5.41) is 0. The number of hydrogen-bond donors (Lipinski definition) is 0. The van der Waals surface area contributed by atoms with E-state index in [-0.39, 0.29) is 6.29 Å². The Kier molecular flexibility index (Phi) is 9.67. The zero-order valence-electron chi connectivity index (χ0n) is 9.45. The van der Waals surface area contributed by atoms with E-state index in [1.165, 1.54) is 0 Å². The molecule has 1 unspecified atom stereocenters. The van der Waals surface area contributed by atoms with Crippen molar-refractivity contribution < 1.29 is 13.7 Å². The molecule has 0 aromatic rings. The molecule has 0 aliphatic rings. The Balaban J connectivity index is 3.71. The van der Waals surface area contributed by atoms with Crippen molar-refractivity contribution in [3.63, 3.8) is 0 Å². The molecule has 3 nitrogen and oxygen atoms in total. The lowest BCUT2D eigenvalue weighted by atomic mass is 10.4. The predicted octanol–water partition coefficient (Wildman–Crippen LogP) is 1.93. The predicted molar refractivity (Wildman–Crippen MR) is 59.8 cm³/mol. The molecule has 0 aliphatic carbocycles. The molecule has 0 saturated carbocycles. The van der Waals surface area contributed by atoms with Gasteiger partial charge in [-0.2, -0.15) is 0 Å². The number of hydrogen-bond acceptors (Lipinski definition) is 3. The Bertz CT molecular complexity index is 144. The zero-order valence-corrected chi connectivity index (χ0v) is 10.3. The van der Waals surface area contributed by atoms with Crippen LogP contribution in [0.5, 0.6) is 0 Å². The van der Waals surface area contributed by atoms with E-state index in [2.05, 4.69) is 6.92 Å². The van der Waals surface area contributed by atoms with Crippen LogP contribution in [0.15, 0.2) is 0 Å². The highest BCUT2D eigenvalue weighted by Crippen LogP contribution is 2.00. The van der Waals surface area contributed by atoms with Crippen molar-refractivity contribution in [1.82, 2.24) is 0 Å². The van der Waals surface area contributed by atoms with Gasteiger partial charge in [0.25, 0.3) is 0 Å². The second-order valence-corrected chi connectivity index (χ2v) is 4.63. The lowest BCUT2D eigenvalue weighted by Crippen LogP contribution is -2.25. The molecule has 0 aromatic heterocycles. The maximum atomic E-state index is 11.5. The lowest BCUT2D eigenvalue weighted by Gasteiger charge is -2.16. The molecule has 0 rings (SSSR count). The normalized spacial score (nSPS) is 13.4. The molecule has 0 aromatic carbocycles. The van der Waals surface area contributed by atoms with Crippen LogP contribution in [0.1, 0.15) is 33.6 Å². The highest BCUT2D eigenvalue weighted by molar-refractivity contribution is 7.85. The van der Waals surface area contributed by atoms with E-state index < -0.39 is 10.8 Å². The van der Waals surface area contributed by atoms with Crippen molar-refractivity contribution in [3.8, 4) is 0 Å². The first-order chi connectivity index (χ1) is 6.74. The zero-order chi connectivity index (χ0) is 10.8. The first kappa shape index (κ1) is 14.1. The van der Waals surface area contributed by atoms with Crippen LogP contribution in [0.25, 0.3) is 0 Å². The summed E-state index contributed by atoms with van der Waals surface area (Å²) in [6, 6.07) is 0. The highest BCUT2D eigenvalue weighted by atomic mass is 32.2. The van der Waals surface area contributed by atoms with E-state index in [1.54, 1.807) is 0 Å². The van der Waals surface area contributed by atoms with Gasteiger partial charge < -0.3 is 9.47 Å². The summed E-state index contributed by atoms with van der Waals surface area (Å²) in [4.78, 5) is 0. The van der Waals surface area contributed by atoms with Gasteiger partial charge in [-0.3, -0.25) is 4.21 Å². The third kappa shape index (κ3) is 7.47. The van der Waals surface area contributed by atoms with Gasteiger partial charge in [0, 0.05) is 29.8 Å². The van der Waals surface area contributed by atoms with E-state index in [9.17, 15) is 4.21 Å². The summed E-state index contributed by atoms with van der Waals surface area (Å²) in [5.74, 6) is 1.26. The van der Waals surface area contributed by atoms with Crippen molar-refractivity contribution in [2.75, 3.05) is 24.7 Å². The van der Waals surface area contributed by atoms with Crippen LogP contribution in [0.2, 0.25) is 0 Å². The smallest absolute Gasteiger partial charge is 0.168 e. The maximum Gasteiger partial charge on any atom is 0.168 e. The molecule has 0 radical (unpaired) electrons. The maximum absolute atomic E-state index is 11.5. The van der Waals surface area contributed by atoms with Crippen LogP contribution < -0.4 is 0 Å². The first-order valence-corrected chi connectivity index (χ1v) is 6.81. The fourth-order valence-corrected chi connectivity index (χ4v) is 2.33. The van der Waals surface area contributed by atoms with E-state index in [4.69, 9.17) is 9.47 Å². The molecule has 0 heterocycles. The summed E-state index contributed by atoms with van der Waals surface area (Å²) >= 11 is 0. The van der Waals surface area contributed by atoms with Gasteiger partial charge >= 0.3 is 0 Å². The monoisotopic (exact) mass is 222 g/mol. The minimum absolute atomic E-state index is 0.289. The number of unbranched alkanes of at least 4 members (excludes halogenated alkanes) is 1. The molecule has 0 amide bonds. The minimum atomic E-state index is -0.803. The molecule has 0 bridgehead atoms. The van der Waals surface area contributed by atoms with Gasteiger partial charge in [-0.05, 0) is 20.3 Å². The van der Waals surface area contributed by atoms with E-state index >= 15 is 0 Å². The molecular weight excluding hydrogens is 200 g/mol. The average molecular weight is 222 g/mol. The van der Waals surface area contributed by atoms with E-state index in [1.807, 2.05) is 13.8 Å². The van der Waals surface area contributed by atoms with Crippen LogP contribution in [0, 0.1) is 0 Å². The number of ether oxygens (including phenoxy) is 2. The molecule has 86 valence electrons. The summed E-state index contributed by atoms with van der Waals surface area (Å²) in [7, 11) is -0.803. The van der Waals surface area contributed by atoms with Crippen LogP contribution in [-0.2, 0) is 20.3 Å². The van der Waals surface area contributed by atoms with Crippen LogP contribution in [0.3, 0.4) is 0 Å². The number of rotatable bonds is 9.